The first-order valence-corrected chi connectivity index (χ1v) is 27.8. The number of likely N-dealkylation sites (tertiary alicyclic amines) is 2. The molecule has 16 nitrogen and oxygen atoms in total. The Balaban J connectivity index is 0.622. The zero-order valence-corrected chi connectivity index (χ0v) is 44.0. The summed E-state index contributed by atoms with van der Waals surface area (Å²) in [6.45, 7) is 10.5. The van der Waals surface area contributed by atoms with Gasteiger partial charge in [0.25, 0.3) is 0 Å². The molecule has 77 heavy (non-hydrogen) atoms. The molecule has 0 saturated carbocycles. The molecule has 9 heterocycles. The number of nitrogens with zero attached hydrogens (tertiary/aromatic N) is 9. The molecule has 5 aliphatic rings. The number of benzene rings is 3. The maximum absolute atomic E-state index is 17.0. The van der Waals surface area contributed by atoms with Crippen molar-refractivity contribution >= 4 is 56.5 Å². The number of phenols is 1. The topological polar surface area (TPSA) is 178 Å². The van der Waals surface area contributed by atoms with Crippen molar-refractivity contribution in [3.63, 3.8) is 0 Å². The first kappa shape index (κ1) is 50.5. The Morgan fingerprint density at radius 2 is 1.75 bits per heavy atom. The summed E-state index contributed by atoms with van der Waals surface area (Å²) in [6, 6.07) is 15.5. The van der Waals surface area contributed by atoms with Crippen LogP contribution < -0.4 is 25.2 Å². The SMILES string of the molecule is C#Cc1c(F)ccc2cc(O)cc(-c3ncc4c(N5CC6CCC(C5)N6)nc(OCCN5CCC(CC6CN(c7cc(CC(=O)N8CCCC8C(=O)NC(C)c8ccc(-c9scnc9C)cc8)on7)C6)CC5)nc4c3F)c12. The van der Waals surface area contributed by atoms with Crippen LogP contribution in [0.15, 0.2) is 70.8 Å². The summed E-state index contributed by atoms with van der Waals surface area (Å²) >= 11 is 1.61. The van der Waals surface area contributed by atoms with Crippen LogP contribution in [0.25, 0.3) is 43.4 Å². The van der Waals surface area contributed by atoms with Gasteiger partial charge in [-0.3, -0.25) is 19.5 Å². The van der Waals surface area contributed by atoms with Crippen molar-refractivity contribution in [2.45, 2.75) is 89.4 Å². The number of hydrogen-bond donors (Lipinski definition) is 3. The predicted molar refractivity (Wildman–Crippen MR) is 291 cm³/mol. The second kappa shape index (κ2) is 21.3. The number of piperazine rings is 1. The van der Waals surface area contributed by atoms with Crippen molar-refractivity contribution in [2.75, 3.05) is 68.8 Å². The van der Waals surface area contributed by atoms with Gasteiger partial charge in [0.15, 0.2) is 11.6 Å². The van der Waals surface area contributed by atoms with Gasteiger partial charge in [-0.05, 0) is 118 Å². The van der Waals surface area contributed by atoms with Crippen LogP contribution in [0.3, 0.4) is 0 Å². The lowest BCUT2D eigenvalue weighted by Gasteiger charge is -2.42. The molecule has 3 aromatic carbocycles. The molecule has 4 unspecified atom stereocenters. The number of pyridine rings is 1. The molecule has 398 valence electrons. The minimum absolute atomic E-state index is 0.0198. The molecule has 2 bridgehead atoms. The Morgan fingerprint density at radius 3 is 2.51 bits per heavy atom. The first-order chi connectivity index (χ1) is 37.4. The van der Waals surface area contributed by atoms with E-state index in [0.29, 0.717) is 73.4 Å². The van der Waals surface area contributed by atoms with Gasteiger partial charge >= 0.3 is 6.01 Å². The van der Waals surface area contributed by atoms with Gasteiger partial charge in [0, 0.05) is 74.6 Å². The number of rotatable bonds is 15. The van der Waals surface area contributed by atoms with Crippen LogP contribution in [0.4, 0.5) is 20.4 Å². The third-order valence-corrected chi connectivity index (χ3v) is 17.4. The Kier molecular flexibility index (Phi) is 14.0. The normalized spacial score (nSPS) is 20.5. The number of aromatic hydroxyl groups is 1. The fraction of sp³-hybridized carbons (Fsp3) is 0.431. The summed E-state index contributed by atoms with van der Waals surface area (Å²) in [5.41, 5.74) is 4.95. The van der Waals surface area contributed by atoms with E-state index in [1.807, 2.05) is 37.6 Å². The summed E-state index contributed by atoms with van der Waals surface area (Å²) in [7, 11) is 0. The molecule has 5 fully saturated rings. The molecule has 0 aliphatic carbocycles. The molecule has 12 rings (SSSR count). The summed E-state index contributed by atoms with van der Waals surface area (Å²) in [4.78, 5) is 55.1. The number of ether oxygens (including phenoxy) is 1. The van der Waals surface area contributed by atoms with E-state index in [-0.39, 0.29) is 75.8 Å². The Morgan fingerprint density at radius 1 is 0.961 bits per heavy atom. The van der Waals surface area contributed by atoms with Crippen LogP contribution >= 0.6 is 11.3 Å². The highest BCUT2D eigenvalue weighted by Gasteiger charge is 2.38. The second-order valence-corrected chi connectivity index (χ2v) is 22.4. The maximum Gasteiger partial charge on any atom is 0.319 e. The average molecular weight is 1060 g/mol. The molecule has 5 saturated heterocycles. The summed E-state index contributed by atoms with van der Waals surface area (Å²) in [5, 5.41) is 23.0. The fourth-order valence-corrected chi connectivity index (χ4v) is 13.2. The van der Waals surface area contributed by atoms with Gasteiger partial charge in [-0.25, -0.2) is 13.8 Å². The van der Waals surface area contributed by atoms with Crippen LogP contribution in [0.5, 0.6) is 11.8 Å². The second-order valence-electron chi connectivity index (χ2n) is 21.5. The van der Waals surface area contributed by atoms with E-state index in [0.717, 1.165) is 92.2 Å². The number of carbonyl (C=O) groups excluding carboxylic acids is 2. The van der Waals surface area contributed by atoms with E-state index in [1.165, 1.54) is 24.3 Å². The van der Waals surface area contributed by atoms with Crippen LogP contribution in [0.1, 0.15) is 80.5 Å². The molecular weight excluding hydrogens is 1000 g/mol. The van der Waals surface area contributed by atoms with Gasteiger partial charge in [-0.2, -0.15) is 9.97 Å². The van der Waals surface area contributed by atoms with Crippen LogP contribution in [-0.2, 0) is 16.0 Å². The number of phenolic OH excluding ortho intramolecular Hbond substituents is 1. The van der Waals surface area contributed by atoms with E-state index in [1.54, 1.807) is 22.4 Å². The summed E-state index contributed by atoms with van der Waals surface area (Å²) in [6.07, 6.45) is 14.1. The van der Waals surface area contributed by atoms with Crippen molar-refractivity contribution in [2.24, 2.45) is 11.8 Å². The molecule has 5 aliphatic heterocycles. The number of aryl methyl sites for hydroxylation is 1. The van der Waals surface area contributed by atoms with E-state index < -0.39 is 17.7 Å². The van der Waals surface area contributed by atoms with Crippen molar-refractivity contribution in [1.82, 2.24) is 45.5 Å². The first-order valence-electron chi connectivity index (χ1n) is 26.9. The third-order valence-electron chi connectivity index (χ3n) is 16.4. The van der Waals surface area contributed by atoms with Gasteiger partial charge < -0.3 is 39.7 Å². The van der Waals surface area contributed by atoms with E-state index in [2.05, 4.69) is 63.5 Å². The number of nitrogens with one attached hydrogen (secondary N) is 2. The number of anilines is 2. The number of terminal acetylenes is 1. The van der Waals surface area contributed by atoms with Gasteiger partial charge in [-0.1, -0.05) is 41.4 Å². The number of thiazole rings is 1. The molecule has 4 aromatic heterocycles. The van der Waals surface area contributed by atoms with E-state index in [9.17, 15) is 14.7 Å². The van der Waals surface area contributed by atoms with Crippen LogP contribution in [0.2, 0.25) is 0 Å². The minimum Gasteiger partial charge on any atom is -0.508 e. The Hall–Kier alpha value is -7.27. The number of halogens is 2. The van der Waals surface area contributed by atoms with Crippen molar-refractivity contribution in [3.8, 4) is 45.8 Å². The lowest BCUT2D eigenvalue weighted by atomic mass is 9.83. The maximum atomic E-state index is 17.0. The monoisotopic (exact) mass is 1060 g/mol. The molecule has 0 radical (unpaired) electrons. The van der Waals surface area contributed by atoms with Gasteiger partial charge in [0.1, 0.15) is 47.0 Å². The smallest absolute Gasteiger partial charge is 0.319 e. The molecular formula is C58H61F2N11O5S. The number of aromatic nitrogens is 5. The van der Waals surface area contributed by atoms with Gasteiger partial charge in [-0.15, -0.1) is 17.8 Å². The fourth-order valence-electron chi connectivity index (χ4n) is 12.3. The largest absolute Gasteiger partial charge is 0.508 e. The number of piperidine rings is 1. The zero-order valence-electron chi connectivity index (χ0n) is 43.2. The van der Waals surface area contributed by atoms with Crippen molar-refractivity contribution < 1.29 is 32.7 Å². The number of carbonyl (C=O) groups is 2. The minimum atomic E-state index is -0.746. The van der Waals surface area contributed by atoms with Crippen molar-refractivity contribution in [1.29, 1.82) is 0 Å². The van der Waals surface area contributed by atoms with Crippen LogP contribution in [0, 0.1) is 42.7 Å². The number of fused-ring (bicyclic) bond motifs is 4. The predicted octanol–water partition coefficient (Wildman–Crippen LogP) is 8.20. The summed E-state index contributed by atoms with van der Waals surface area (Å²) < 4.78 is 44.0. The van der Waals surface area contributed by atoms with Gasteiger partial charge in [0.05, 0.1) is 39.5 Å². The molecule has 3 N–H and O–H groups in total. The third kappa shape index (κ3) is 10.3. The zero-order chi connectivity index (χ0) is 52.9. The molecule has 4 atom stereocenters. The highest BCUT2D eigenvalue weighted by Crippen LogP contribution is 2.40. The molecule has 19 heteroatoms. The standard InChI is InChI=1S/C58H61F2N11O5S/c1-4-44-47(59)14-11-39-23-42(72)24-45(51(39)44)53-52(60)54-46(27-61-53)56(70-30-40-12-13-41(31-70)64-40)66-58(65-54)75-21-20-68-18-15-35(16-19-68)22-36-28-69(29-36)49-25-43(76-67-49)26-50(73)71-17-5-6-48(71)57(74)63-33(2)37-7-9-38(10-8-37)55-34(3)62-32-77-55/h1,7-11,14,23-25,27,32-33,35-36,40-41,48,64,72H,5-6,12-13,15-22,26,28-31H2,2-3H3,(H,63,74). The lowest BCUT2D eigenvalue weighted by molar-refractivity contribution is -0.138. The van der Waals surface area contributed by atoms with Crippen molar-refractivity contribution in [3.05, 3.63) is 101 Å². The number of amides is 2. The quantitative estimate of drug-likeness (QED) is 0.0837. The lowest BCUT2D eigenvalue weighted by Crippen LogP contribution is -2.51. The average Bonchev–Trinajstić information content (AvgIpc) is 4.31. The van der Waals surface area contributed by atoms with E-state index in [4.69, 9.17) is 20.7 Å². The number of hydrogen-bond acceptors (Lipinski definition) is 15. The molecule has 2 amide bonds. The summed E-state index contributed by atoms with van der Waals surface area (Å²) in [5.74, 6) is 3.52. The highest BCUT2D eigenvalue weighted by molar-refractivity contribution is 7.13. The van der Waals surface area contributed by atoms with E-state index >= 15 is 8.78 Å². The highest BCUT2D eigenvalue weighted by atomic mass is 32.1. The molecule has 0 spiro atoms. The Labute approximate surface area is 449 Å². The Bertz CT molecular complexity index is 3390. The van der Waals surface area contributed by atoms with Gasteiger partial charge in [0.2, 0.25) is 11.8 Å². The van der Waals surface area contributed by atoms with Crippen LogP contribution in [-0.4, -0.2) is 129 Å². The molecule has 7 aromatic rings.